The molecular weight excluding hydrogens is 156 g/mol. The van der Waals surface area contributed by atoms with Gasteiger partial charge in [-0.1, -0.05) is 0 Å². The van der Waals surface area contributed by atoms with Crippen molar-refractivity contribution >= 4 is 5.78 Å². The average molecular weight is 170 g/mol. The van der Waals surface area contributed by atoms with E-state index in [9.17, 15) is 4.79 Å². The summed E-state index contributed by atoms with van der Waals surface area (Å²) in [6, 6.07) is 0. The van der Waals surface area contributed by atoms with E-state index in [2.05, 4.69) is 0 Å². The third-order valence-electron chi connectivity index (χ3n) is 2.95. The summed E-state index contributed by atoms with van der Waals surface area (Å²) >= 11 is 0. The maximum atomic E-state index is 11.4. The molecule has 1 unspecified atom stereocenters. The van der Waals surface area contributed by atoms with Gasteiger partial charge in [-0.2, -0.15) is 0 Å². The molecule has 0 bridgehead atoms. The summed E-state index contributed by atoms with van der Waals surface area (Å²) in [5.41, 5.74) is 0. The Labute approximate surface area is 72.0 Å². The SMILES string of the molecule is COC1C[C@H]2C(=O)CC[C@H]2CO1. The summed E-state index contributed by atoms with van der Waals surface area (Å²) < 4.78 is 10.5. The van der Waals surface area contributed by atoms with Gasteiger partial charge in [0.1, 0.15) is 5.78 Å². The number of hydrogen-bond donors (Lipinski definition) is 0. The Kier molecular flexibility index (Phi) is 2.15. The van der Waals surface area contributed by atoms with Crippen LogP contribution in [0.3, 0.4) is 0 Å². The number of fused-ring (bicyclic) bond motifs is 1. The lowest BCUT2D eigenvalue weighted by Gasteiger charge is -2.29. The van der Waals surface area contributed by atoms with Crippen molar-refractivity contribution in [3.63, 3.8) is 0 Å². The largest absolute Gasteiger partial charge is 0.356 e. The van der Waals surface area contributed by atoms with Gasteiger partial charge in [0, 0.05) is 25.9 Å². The highest BCUT2D eigenvalue weighted by atomic mass is 16.7. The highest BCUT2D eigenvalue weighted by Crippen LogP contribution is 2.36. The molecule has 1 saturated heterocycles. The quantitative estimate of drug-likeness (QED) is 0.588. The first-order valence-corrected chi connectivity index (χ1v) is 4.48. The highest BCUT2D eigenvalue weighted by Gasteiger charge is 2.40. The number of ketones is 1. The van der Waals surface area contributed by atoms with Gasteiger partial charge in [0.25, 0.3) is 0 Å². The summed E-state index contributed by atoms with van der Waals surface area (Å²) in [7, 11) is 1.63. The number of Topliss-reactive ketones (excluding diaryl/α,β-unsaturated/α-hetero) is 1. The molecule has 0 aromatic rings. The Morgan fingerprint density at radius 2 is 2.42 bits per heavy atom. The van der Waals surface area contributed by atoms with Crippen LogP contribution in [0.2, 0.25) is 0 Å². The zero-order valence-electron chi connectivity index (χ0n) is 7.29. The fourth-order valence-electron chi connectivity index (χ4n) is 2.17. The summed E-state index contributed by atoms with van der Waals surface area (Å²) in [4.78, 5) is 11.4. The van der Waals surface area contributed by atoms with Crippen LogP contribution in [0.4, 0.5) is 0 Å². The predicted molar refractivity (Wildman–Crippen MR) is 42.6 cm³/mol. The van der Waals surface area contributed by atoms with Crippen LogP contribution < -0.4 is 0 Å². The van der Waals surface area contributed by atoms with E-state index >= 15 is 0 Å². The number of hydrogen-bond acceptors (Lipinski definition) is 3. The van der Waals surface area contributed by atoms with Gasteiger partial charge in [-0.15, -0.1) is 0 Å². The molecule has 1 saturated carbocycles. The second-order valence-corrected chi connectivity index (χ2v) is 3.61. The number of rotatable bonds is 1. The van der Waals surface area contributed by atoms with E-state index in [4.69, 9.17) is 9.47 Å². The molecule has 1 heterocycles. The molecule has 1 aliphatic carbocycles. The third-order valence-corrected chi connectivity index (χ3v) is 2.95. The normalized spacial score (nSPS) is 41.4. The average Bonchev–Trinajstić information content (AvgIpc) is 2.47. The maximum Gasteiger partial charge on any atom is 0.157 e. The topological polar surface area (TPSA) is 35.5 Å². The number of methoxy groups -OCH3 is 1. The molecule has 0 amide bonds. The van der Waals surface area contributed by atoms with Crippen LogP contribution in [0.5, 0.6) is 0 Å². The van der Waals surface area contributed by atoms with Crippen molar-refractivity contribution in [1.29, 1.82) is 0 Å². The molecule has 3 nitrogen and oxygen atoms in total. The van der Waals surface area contributed by atoms with E-state index in [1.165, 1.54) is 0 Å². The number of carbonyl (C=O) groups excluding carboxylic acids is 1. The van der Waals surface area contributed by atoms with Crippen molar-refractivity contribution in [2.45, 2.75) is 25.6 Å². The minimum absolute atomic E-state index is 0.145. The fourth-order valence-corrected chi connectivity index (χ4v) is 2.17. The van der Waals surface area contributed by atoms with Gasteiger partial charge in [-0.25, -0.2) is 0 Å². The Bertz CT molecular complexity index is 190. The van der Waals surface area contributed by atoms with Gasteiger partial charge in [0.05, 0.1) is 6.61 Å². The van der Waals surface area contributed by atoms with Crippen molar-refractivity contribution in [2.24, 2.45) is 11.8 Å². The molecule has 3 atom stereocenters. The van der Waals surface area contributed by atoms with Gasteiger partial charge < -0.3 is 9.47 Å². The minimum Gasteiger partial charge on any atom is -0.356 e. The van der Waals surface area contributed by atoms with Gasteiger partial charge in [-0.3, -0.25) is 4.79 Å². The van der Waals surface area contributed by atoms with Crippen LogP contribution >= 0.6 is 0 Å². The summed E-state index contributed by atoms with van der Waals surface area (Å²) in [5.74, 6) is 1.11. The molecule has 0 radical (unpaired) electrons. The molecule has 0 spiro atoms. The molecule has 1 aliphatic heterocycles. The summed E-state index contributed by atoms with van der Waals surface area (Å²) in [5, 5.41) is 0. The van der Waals surface area contributed by atoms with E-state index in [0.29, 0.717) is 18.3 Å². The Balaban J connectivity index is 2.01. The first-order chi connectivity index (χ1) is 5.81. The van der Waals surface area contributed by atoms with Crippen LogP contribution in [-0.2, 0) is 14.3 Å². The van der Waals surface area contributed by atoms with Crippen molar-refractivity contribution in [3.05, 3.63) is 0 Å². The minimum atomic E-state index is -0.145. The molecule has 2 fully saturated rings. The molecule has 3 heteroatoms. The van der Waals surface area contributed by atoms with E-state index in [-0.39, 0.29) is 12.2 Å². The number of carbonyl (C=O) groups is 1. The predicted octanol–water partition coefficient (Wildman–Crippen LogP) is 0.974. The van der Waals surface area contributed by atoms with Crippen molar-refractivity contribution in [3.8, 4) is 0 Å². The van der Waals surface area contributed by atoms with E-state index in [1.54, 1.807) is 7.11 Å². The summed E-state index contributed by atoms with van der Waals surface area (Å²) in [6.07, 6.45) is 2.38. The fraction of sp³-hybridized carbons (Fsp3) is 0.889. The molecule has 0 aromatic carbocycles. The molecule has 2 aliphatic rings. The molecule has 68 valence electrons. The monoisotopic (exact) mass is 170 g/mol. The molecule has 2 rings (SSSR count). The van der Waals surface area contributed by atoms with Gasteiger partial charge >= 0.3 is 0 Å². The van der Waals surface area contributed by atoms with E-state index < -0.39 is 0 Å². The summed E-state index contributed by atoms with van der Waals surface area (Å²) in [6.45, 7) is 0.703. The molecule has 0 aromatic heterocycles. The lowest BCUT2D eigenvalue weighted by molar-refractivity contribution is -0.174. The highest BCUT2D eigenvalue weighted by molar-refractivity contribution is 5.83. The van der Waals surface area contributed by atoms with Gasteiger partial charge in [0.2, 0.25) is 0 Å². The van der Waals surface area contributed by atoms with Crippen LogP contribution in [-0.4, -0.2) is 25.8 Å². The molecular formula is C9H14O3. The van der Waals surface area contributed by atoms with Crippen LogP contribution in [0.15, 0.2) is 0 Å². The molecule has 12 heavy (non-hydrogen) atoms. The van der Waals surface area contributed by atoms with Gasteiger partial charge in [0.15, 0.2) is 6.29 Å². The zero-order chi connectivity index (χ0) is 8.55. The lowest BCUT2D eigenvalue weighted by Crippen LogP contribution is -2.34. The first kappa shape index (κ1) is 8.20. The second-order valence-electron chi connectivity index (χ2n) is 3.61. The first-order valence-electron chi connectivity index (χ1n) is 4.48. The van der Waals surface area contributed by atoms with Crippen molar-refractivity contribution in [2.75, 3.05) is 13.7 Å². The van der Waals surface area contributed by atoms with Crippen LogP contribution in [0.25, 0.3) is 0 Å². The smallest absolute Gasteiger partial charge is 0.157 e. The molecule has 0 N–H and O–H groups in total. The standard InChI is InChI=1S/C9H14O3/c1-11-9-4-7-6(5-12-9)2-3-8(7)10/h6-7,9H,2-5H2,1H3/t6-,7+,9?/m0/s1. The Hall–Kier alpha value is -0.410. The van der Waals surface area contributed by atoms with E-state index in [0.717, 1.165) is 19.3 Å². The van der Waals surface area contributed by atoms with Crippen LogP contribution in [0, 0.1) is 11.8 Å². The van der Waals surface area contributed by atoms with Crippen molar-refractivity contribution in [1.82, 2.24) is 0 Å². The van der Waals surface area contributed by atoms with Gasteiger partial charge in [-0.05, 0) is 12.3 Å². The second kappa shape index (κ2) is 3.15. The zero-order valence-corrected chi connectivity index (χ0v) is 7.29. The third kappa shape index (κ3) is 1.27. The Morgan fingerprint density at radius 1 is 1.58 bits per heavy atom. The maximum absolute atomic E-state index is 11.4. The lowest BCUT2D eigenvalue weighted by atomic mass is 9.91. The number of ether oxygens (including phenoxy) is 2. The van der Waals surface area contributed by atoms with Crippen LogP contribution in [0.1, 0.15) is 19.3 Å². The Morgan fingerprint density at radius 3 is 3.17 bits per heavy atom. The van der Waals surface area contributed by atoms with Crippen molar-refractivity contribution < 1.29 is 14.3 Å². The van der Waals surface area contributed by atoms with E-state index in [1.807, 2.05) is 0 Å².